The number of carbonyl (C=O) groups excluding carboxylic acids is 1. The van der Waals surface area contributed by atoms with E-state index < -0.39 is 0 Å². The molecule has 1 aliphatic carbocycles. The Balaban J connectivity index is 1.80. The van der Waals surface area contributed by atoms with Gasteiger partial charge in [-0.15, -0.1) is 0 Å². The maximum atomic E-state index is 11.9. The summed E-state index contributed by atoms with van der Waals surface area (Å²) in [5.74, 6) is 1.11. The Morgan fingerprint density at radius 3 is 2.75 bits per heavy atom. The quantitative estimate of drug-likeness (QED) is 0.792. The van der Waals surface area contributed by atoms with Crippen LogP contribution < -0.4 is 15.4 Å². The van der Waals surface area contributed by atoms with Gasteiger partial charge in [-0.25, -0.2) is 4.79 Å². The Bertz CT molecular complexity index is 442. The molecule has 1 aliphatic rings. The number of hydrogen-bond acceptors (Lipinski definition) is 3. The van der Waals surface area contributed by atoms with E-state index in [1.807, 2.05) is 18.2 Å². The van der Waals surface area contributed by atoms with Gasteiger partial charge in [0.15, 0.2) is 0 Å². The fourth-order valence-electron chi connectivity index (χ4n) is 2.54. The Morgan fingerprint density at radius 1 is 1.35 bits per heavy atom. The van der Waals surface area contributed by atoms with Gasteiger partial charge >= 0.3 is 6.03 Å². The molecule has 0 radical (unpaired) electrons. The lowest BCUT2D eigenvalue weighted by Gasteiger charge is -2.27. The maximum Gasteiger partial charge on any atom is 0.319 e. The normalized spacial score (nSPS) is 22.1. The molecule has 3 N–H and O–H groups in total. The highest BCUT2D eigenvalue weighted by atomic mass is 16.5. The first kappa shape index (κ1) is 14.7. The van der Waals surface area contributed by atoms with E-state index in [1.165, 1.54) is 0 Å². The molecular formula is C15H22N2O3. The fraction of sp³-hybridized carbons (Fsp3) is 0.533. The van der Waals surface area contributed by atoms with Crippen LogP contribution in [0.4, 0.5) is 10.5 Å². The predicted molar refractivity (Wildman–Crippen MR) is 78.0 cm³/mol. The van der Waals surface area contributed by atoms with Gasteiger partial charge in [-0.2, -0.15) is 0 Å². The molecule has 0 heterocycles. The molecule has 0 saturated heterocycles. The van der Waals surface area contributed by atoms with Crippen LogP contribution in [0.15, 0.2) is 24.3 Å². The summed E-state index contributed by atoms with van der Waals surface area (Å²) < 4.78 is 5.12. The highest BCUT2D eigenvalue weighted by Gasteiger charge is 2.21. The number of rotatable bonds is 4. The zero-order valence-electron chi connectivity index (χ0n) is 11.8. The molecule has 0 aromatic heterocycles. The van der Waals surface area contributed by atoms with Gasteiger partial charge < -0.3 is 20.5 Å². The van der Waals surface area contributed by atoms with Gasteiger partial charge in [0.2, 0.25) is 0 Å². The van der Waals surface area contributed by atoms with Gasteiger partial charge in [0, 0.05) is 24.4 Å². The third-order valence-corrected chi connectivity index (χ3v) is 3.77. The first-order chi connectivity index (χ1) is 9.71. The number of anilines is 1. The lowest BCUT2D eigenvalue weighted by atomic mass is 9.87. The Labute approximate surface area is 119 Å². The molecule has 1 saturated carbocycles. The van der Waals surface area contributed by atoms with E-state index in [9.17, 15) is 4.79 Å². The number of aliphatic hydroxyl groups excluding tert-OH is 1. The van der Waals surface area contributed by atoms with Crippen LogP contribution in [-0.4, -0.2) is 30.9 Å². The van der Waals surface area contributed by atoms with Crippen molar-refractivity contribution in [2.75, 3.05) is 19.0 Å². The number of methoxy groups -OCH3 is 1. The molecule has 0 bridgehead atoms. The monoisotopic (exact) mass is 278 g/mol. The second-order valence-electron chi connectivity index (χ2n) is 5.23. The van der Waals surface area contributed by atoms with Gasteiger partial charge in [-0.1, -0.05) is 6.07 Å². The van der Waals surface area contributed by atoms with Crippen molar-refractivity contribution in [3.8, 4) is 5.75 Å². The standard InChI is InChI=1S/C15H22N2O3/c1-20-14-4-2-3-13(9-14)17-15(19)16-12-7-5-11(10-18)6-8-12/h2-4,9,11-12,18H,5-8,10H2,1H3,(H2,16,17,19). The summed E-state index contributed by atoms with van der Waals surface area (Å²) in [6.07, 6.45) is 3.80. The summed E-state index contributed by atoms with van der Waals surface area (Å²) in [5, 5.41) is 14.9. The highest BCUT2D eigenvalue weighted by molar-refractivity contribution is 5.89. The second kappa shape index (κ2) is 7.14. The van der Waals surface area contributed by atoms with Crippen LogP contribution in [0, 0.1) is 5.92 Å². The Morgan fingerprint density at radius 2 is 2.10 bits per heavy atom. The number of ether oxygens (including phenoxy) is 1. The van der Waals surface area contributed by atoms with Crippen molar-refractivity contribution >= 4 is 11.7 Å². The molecule has 1 aromatic carbocycles. The minimum atomic E-state index is -0.189. The molecule has 2 amide bonds. The number of benzene rings is 1. The van der Waals surface area contributed by atoms with Crippen LogP contribution in [0.1, 0.15) is 25.7 Å². The van der Waals surface area contributed by atoms with E-state index in [1.54, 1.807) is 13.2 Å². The molecule has 5 nitrogen and oxygen atoms in total. The topological polar surface area (TPSA) is 70.6 Å². The Hall–Kier alpha value is -1.75. The number of urea groups is 1. The first-order valence-corrected chi connectivity index (χ1v) is 7.03. The lowest BCUT2D eigenvalue weighted by molar-refractivity contribution is 0.176. The average Bonchev–Trinajstić information content (AvgIpc) is 2.48. The molecule has 0 aliphatic heterocycles. The molecule has 110 valence electrons. The molecule has 0 atom stereocenters. The van der Waals surface area contributed by atoms with Crippen LogP contribution in [-0.2, 0) is 0 Å². The number of nitrogens with one attached hydrogen (secondary N) is 2. The van der Waals surface area contributed by atoms with E-state index in [-0.39, 0.29) is 18.7 Å². The van der Waals surface area contributed by atoms with E-state index >= 15 is 0 Å². The largest absolute Gasteiger partial charge is 0.497 e. The predicted octanol–water partition coefficient (Wildman–Crippen LogP) is 2.37. The molecule has 1 aromatic rings. The van der Waals surface area contributed by atoms with Gasteiger partial charge in [-0.05, 0) is 43.7 Å². The smallest absolute Gasteiger partial charge is 0.319 e. The average molecular weight is 278 g/mol. The van der Waals surface area contributed by atoms with Crippen molar-refractivity contribution in [3.63, 3.8) is 0 Å². The summed E-state index contributed by atoms with van der Waals surface area (Å²) in [4.78, 5) is 11.9. The molecule has 20 heavy (non-hydrogen) atoms. The van der Waals surface area contributed by atoms with Crippen molar-refractivity contribution in [2.45, 2.75) is 31.7 Å². The Kier molecular flexibility index (Phi) is 5.24. The van der Waals surface area contributed by atoms with Gasteiger partial charge in [0.25, 0.3) is 0 Å². The van der Waals surface area contributed by atoms with Gasteiger partial charge in [0.1, 0.15) is 5.75 Å². The number of aliphatic hydroxyl groups is 1. The number of hydrogen-bond donors (Lipinski definition) is 3. The summed E-state index contributed by atoms with van der Waals surface area (Å²) in [6, 6.07) is 7.28. The number of carbonyl (C=O) groups is 1. The third kappa shape index (κ3) is 4.13. The van der Waals surface area contributed by atoms with Crippen LogP contribution >= 0.6 is 0 Å². The van der Waals surface area contributed by atoms with Crippen molar-refractivity contribution in [1.29, 1.82) is 0 Å². The van der Waals surface area contributed by atoms with Crippen molar-refractivity contribution in [2.24, 2.45) is 5.92 Å². The molecule has 0 unspecified atom stereocenters. The van der Waals surface area contributed by atoms with Gasteiger partial charge in [0.05, 0.1) is 7.11 Å². The molecule has 1 fully saturated rings. The molecular weight excluding hydrogens is 256 g/mol. The van der Waals surface area contributed by atoms with Crippen molar-refractivity contribution < 1.29 is 14.6 Å². The van der Waals surface area contributed by atoms with E-state index in [4.69, 9.17) is 9.84 Å². The molecule has 2 rings (SSSR count). The summed E-state index contributed by atoms with van der Waals surface area (Å²) in [5.41, 5.74) is 0.714. The number of amides is 2. The third-order valence-electron chi connectivity index (χ3n) is 3.77. The van der Waals surface area contributed by atoms with Crippen LogP contribution in [0.5, 0.6) is 5.75 Å². The lowest BCUT2D eigenvalue weighted by Crippen LogP contribution is -2.40. The summed E-state index contributed by atoms with van der Waals surface area (Å²) in [6.45, 7) is 0.253. The highest BCUT2D eigenvalue weighted by Crippen LogP contribution is 2.24. The minimum Gasteiger partial charge on any atom is -0.497 e. The van der Waals surface area contributed by atoms with E-state index in [0.717, 1.165) is 25.7 Å². The van der Waals surface area contributed by atoms with Crippen LogP contribution in [0.3, 0.4) is 0 Å². The summed E-state index contributed by atoms with van der Waals surface area (Å²) in [7, 11) is 1.60. The summed E-state index contributed by atoms with van der Waals surface area (Å²) >= 11 is 0. The molecule has 5 heteroatoms. The zero-order valence-corrected chi connectivity index (χ0v) is 11.8. The fourth-order valence-corrected chi connectivity index (χ4v) is 2.54. The molecule has 0 spiro atoms. The van der Waals surface area contributed by atoms with Crippen molar-refractivity contribution in [1.82, 2.24) is 5.32 Å². The van der Waals surface area contributed by atoms with E-state index in [0.29, 0.717) is 17.4 Å². The van der Waals surface area contributed by atoms with Gasteiger partial charge in [-0.3, -0.25) is 0 Å². The van der Waals surface area contributed by atoms with E-state index in [2.05, 4.69) is 10.6 Å². The minimum absolute atomic E-state index is 0.189. The van der Waals surface area contributed by atoms with Crippen molar-refractivity contribution in [3.05, 3.63) is 24.3 Å². The van der Waals surface area contributed by atoms with Crippen LogP contribution in [0.2, 0.25) is 0 Å². The first-order valence-electron chi connectivity index (χ1n) is 7.03. The maximum absolute atomic E-state index is 11.9. The van der Waals surface area contributed by atoms with Crippen LogP contribution in [0.25, 0.3) is 0 Å². The second-order valence-corrected chi connectivity index (χ2v) is 5.23. The zero-order chi connectivity index (χ0) is 14.4. The SMILES string of the molecule is COc1cccc(NC(=O)NC2CCC(CO)CC2)c1.